The number of carbonyl (C=O) groups excluding carboxylic acids is 1. The van der Waals surface area contributed by atoms with Gasteiger partial charge in [-0.2, -0.15) is 0 Å². The lowest BCUT2D eigenvalue weighted by molar-refractivity contribution is 0.0457. The zero-order valence-corrected chi connectivity index (χ0v) is 12.9. The highest BCUT2D eigenvalue weighted by molar-refractivity contribution is 5.93. The molecule has 1 aliphatic rings. The number of hydrogen-bond acceptors (Lipinski definition) is 5. The van der Waals surface area contributed by atoms with Gasteiger partial charge in [0.2, 0.25) is 5.88 Å². The first-order chi connectivity index (χ1) is 10.7. The summed E-state index contributed by atoms with van der Waals surface area (Å²) < 4.78 is 12.4. The molecule has 0 radical (unpaired) electrons. The lowest BCUT2D eigenvalue weighted by Gasteiger charge is -2.22. The van der Waals surface area contributed by atoms with E-state index in [0.717, 1.165) is 12.8 Å². The molecule has 0 N–H and O–H groups in total. The van der Waals surface area contributed by atoms with Crippen molar-refractivity contribution >= 4 is 11.6 Å². The summed E-state index contributed by atoms with van der Waals surface area (Å²) in [5.41, 5.74) is 1.08. The third-order valence-corrected chi connectivity index (χ3v) is 3.86. The van der Waals surface area contributed by atoms with Crippen molar-refractivity contribution in [3.63, 3.8) is 0 Å². The number of ether oxygens (including phenoxy) is 2. The molecule has 0 bridgehead atoms. The fourth-order valence-corrected chi connectivity index (χ4v) is 2.60. The van der Waals surface area contributed by atoms with Crippen LogP contribution in [-0.4, -0.2) is 58.3 Å². The van der Waals surface area contributed by atoms with Gasteiger partial charge in [-0.25, -0.2) is 9.50 Å². The first kappa shape index (κ1) is 14.8. The molecule has 0 aromatic carbocycles. The van der Waals surface area contributed by atoms with Gasteiger partial charge in [0.25, 0.3) is 5.91 Å². The van der Waals surface area contributed by atoms with Gasteiger partial charge in [0.05, 0.1) is 19.4 Å². The van der Waals surface area contributed by atoms with Gasteiger partial charge >= 0.3 is 0 Å². The Morgan fingerprint density at radius 3 is 3.14 bits per heavy atom. The quantitative estimate of drug-likeness (QED) is 0.857. The molecule has 0 saturated carbocycles. The van der Waals surface area contributed by atoms with Gasteiger partial charge in [-0.1, -0.05) is 6.92 Å². The fraction of sp³-hybridized carbons (Fsp3) is 0.533. The molecule has 118 valence electrons. The van der Waals surface area contributed by atoms with Gasteiger partial charge in [0, 0.05) is 25.8 Å². The third-order valence-electron chi connectivity index (χ3n) is 3.86. The van der Waals surface area contributed by atoms with E-state index in [1.165, 1.54) is 4.52 Å². The summed E-state index contributed by atoms with van der Waals surface area (Å²) in [6.07, 6.45) is 3.39. The number of hydrogen-bond donors (Lipinski definition) is 0. The predicted molar refractivity (Wildman–Crippen MR) is 80.1 cm³/mol. The molecule has 1 fully saturated rings. The molecular weight excluding hydrogens is 284 g/mol. The second kappa shape index (κ2) is 6.31. The van der Waals surface area contributed by atoms with Gasteiger partial charge in [-0.05, 0) is 18.9 Å². The number of methoxy groups -OCH3 is 1. The second-order valence-electron chi connectivity index (χ2n) is 5.29. The van der Waals surface area contributed by atoms with Crippen molar-refractivity contribution in [2.45, 2.75) is 25.9 Å². The Hall–Kier alpha value is -2.15. The highest BCUT2D eigenvalue weighted by atomic mass is 16.5. The SMILES string of the molecule is CC[C@H]1CN(C(=O)c2cnc3ccc(OC)nn23)CCCO1. The Balaban J connectivity index is 1.90. The minimum atomic E-state index is -0.0720. The van der Waals surface area contributed by atoms with Crippen molar-refractivity contribution in [2.75, 3.05) is 26.8 Å². The number of imidazole rings is 1. The lowest BCUT2D eigenvalue weighted by atomic mass is 10.2. The normalized spacial score (nSPS) is 19.2. The Kier molecular flexibility index (Phi) is 4.24. The predicted octanol–water partition coefficient (Wildman–Crippen LogP) is 1.38. The average Bonchev–Trinajstić information content (AvgIpc) is 2.82. The number of aromatic nitrogens is 3. The molecule has 3 rings (SSSR count). The van der Waals surface area contributed by atoms with Gasteiger partial charge in [-0.3, -0.25) is 4.79 Å². The van der Waals surface area contributed by atoms with Crippen LogP contribution in [0.5, 0.6) is 5.88 Å². The van der Waals surface area contributed by atoms with Crippen molar-refractivity contribution in [3.05, 3.63) is 24.0 Å². The van der Waals surface area contributed by atoms with E-state index >= 15 is 0 Å². The molecule has 2 aromatic heterocycles. The minimum Gasteiger partial charge on any atom is -0.480 e. The van der Waals surface area contributed by atoms with Crippen molar-refractivity contribution in [2.24, 2.45) is 0 Å². The highest BCUT2D eigenvalue weighted by Gasteiger charge is 2.25. The molecule has 1 saturated heterocycles. The summed E-state index contributed by atoms with van der Waals surface area (Å²) >= 11 is 0. The topological polar surface area (TPSA) is 69.0 Å². The average molecular weight is 304 g/mol. The first-order valence-electron chi connectivity index (χ1n) is 7.52. The van der Waals surface area contributed by atoms with Gasteiger partial charge in [0.1, 0.15) is 0 Å². The van der Waals surface area contributed by atoms with Gasteiger partial charge in [-0.15, -0.1) is 5.10 Å². The standard InChI is InChI=1S/C15H20N4O3/c1-3-11-10-18(7-4-8-22-11)15(20)12-9-16-13-5-6-14(21-2)17-19(12)13/h5-6,9,11H,3-4,7-8,10H2,1-2H3/t11-/m0/s1. The molecule has 1 amide bonds. The molecule has 0 unspecified atom stereocenters. The van der Waals surface area contributed by atoms with Crippen LogP contribution < -0.4 is 4.74 Å². The van der Waals surface area contributed by atoms with Crippen molar-refractivity contribution in [1.82, 2.24) is 19.5 Å². The van der Waals surface area contributed by atoms with Crippen LogP contribution >= 0.6 is 0 Å². The monoisotopic (exact) mass is 304 g/mol. The lowest BCUT2D eigenvalue weighted by Crippen LogP contribution is -2.37. The summed E-state index contributed by atoms with van der Waals surface area (Å²) in [5, 5.41) is 4.29. The van der Waals surface area contributed by atoms with E-state index in [0.29, 0.717) is 36.9 Å². The van der Waals surface area contributed by atoms with E-state index in [1.807, 2.05) is 4.90 Å². The van der Waals surface area contributed by atoms with Crippen LogP contribution in [0.25, 0.3) is 5.65 Å². The second-order valence-corrected chi connectivity index (χ2v) is 5.29. The maximum Gasteiger partial charge on any atom is 0.274 e. The molecule has 7 heteroatoms. The molecule has 3 heterocycles. The molecular formula is C15H20N4O3. The van der Waals surface area contributed by atoms with Crippen molar-refractivity contribution in [1.29, 1.82) is 0 Å². The number of rotatable bonds is 3. The van der Waals surface area contributed by atoms with Crippen LogP contribution in [-0.2, 0) is 4.74 Å². The van der Waals surface area contributed by atoms with Crippen LogP contribution in [0, 0.1) is 0 Å². The Labute approximate surface area is 128 Å². The van der Waals surface area contributed by atoms with Gasteiger partial charge in [0.15, 0.2) is 11.3 Å². The zero-order chi connectivity index (χ0) is 15.5. The number of fused-ring (bicyclic) bond motifs is 1. The van der Waals surface area contributed by atoms with Crippen LogP contribution in [0.4, 0.5) is 0 Å². The molecule has 0 spiro atoms. The van der Waals surface area contributed by atoms with E-state index < -0.39 is 0 Å². The molecule has 1 atom stereocenters. The summed E-state index contributed by atoms with van der Waals surface area (Å²) in [6.45, 7) is 4.06. The van der Waals surface area contributed by atoms with E-state index in [9.17, 15) is 4.79 Å². The van der Waals surface area contributed by atoms with Crippen LogP contribution in [0.1, 0.15) is 30.3 Å². The van der Waals surface area contributed by atoms with Gasteiger partial charge < -0.3 is 14.4 Å². The Morgan fingerprint density at radius 2 is 2.36 bits per heavy atom. The van der Waals surface area contributed by atoms with E-state index in [-0.39, 0.29) is 12.0 Å². The van der Waals surface area contributed by atoms with E-state index in [1.54, 1.807) is 25.4 Å². The number of amides is 1. The Morgan fingerprint density at radius 1 is 1.50 bits per heavy atom. The molecule has 7 nitrogen and oxygen atoms in total. The van der Waals surface area contributed by atoms with E-state index in [2.05, 4.69) is 17.0 Å². The smallest absolute Gasteiger partial charge is 0.274 e. The maximum atomic E-state index is 12.8. The minimum absolute atomic E-state index is 0.0720. The molecule has 1 aliphatic heterocycles. The Bertz CT molecular complexity index is 670. The highest BCUT2D eigenvalue weighted by Crippen LogP contribution is 2.15. The maximum absolute atomic E-state index is 12.8. The van der Waals surface area contributed by atoms with Crippen LogP contribution in [0.2, 0.25) is 0 Å². The van der Waals surface area contributed by atoms with Crippen LogP contribution in [0.15, 0.2) is 18.3 Å². The molecule has 2 aromatic rings. The van der Waals surface area contributed by atoms with Crippen LogP contribution in [0.3, 0.4) is 0 Å². The van der Waals surface area contributed by atoms with Crippen molar-refractivity contribution < 1.29 is 14.3 Å². The van der Waals surface area contributed by atoms with Crippen molar-refractivity contribution in [3.8, 4) is 5.88 Å². The summed E-state index contributed by atoms with van der Waals surface area (Å²) in [5.74, 6) is 0.377. The fourth-order valence-electron chi connectivity index (χ4n) is 2.60. The molecule has 0 aliphatic carbocycles. The summed E-state index contributed by atoms with van der Waals surface area (Å²) in [7, 11) is 1.55. The first-order valence-corrected chi connectivity index (χ1v) is 7.52. The summed E-state index contributed by atoms with van der Waals surface area (Å²) in [4.78, 5) is 18.9. The van der Waals surface area contributed by atoms with E-state index in [4.69, 9.17) is 9.47 Å². The largest absolute Gasteiger partial charge is 0.480 e. The zero-order valence-electron chi connectivity index (χ0n) is 12.9. The summed E-state index contributed by atoms with van der Waals surface area (Å²) in [6, 6.07) is 3.51. The third kappa shape index (κ3) is 2.76. The number of nitrogens with zero attached hydrogens (tertiary/aromatic N) is 4. The number of carbonyl (C=O) groups is 1. The molecule has 22 heavy (non-hydrogen) atoms.